The molecule has 2 aliphatic rings. The maximum atomic E-state index is 13.7. The molecule has 0 bridgehead atoms. The molecule has 0 unspecified atom stereocenters. The van der Waals surface area contributed by atoms with Crippen LogP contribution in [0.5, 0.6) is 23.5 Å². The Bertz CT molecular complexity index is 2890. The van der Waals surface area contributed by atoms with Gasteiger partial charge in [0.2, 0.25) is 23.5 Å². The van der Waals surface area contributed by atoms with Gasteiger partial charge in [-0.3, -0.25) is 9.13 Å². The minimum Gasteiger partial charge on any atom is -0.479 e. The molecular weight excluding hydrogens is 1040 g/mol. The molecule has 2 aliphatic carbocycles. The lowest BCUT2D eigenvalue weighted by molar-refractivity contribution is 0.0947. The van der Waals surface area contributed by atoms with Crippen molar-refractivity contribution in [1.29, 1.82) is 0 Å². The van der Waals surface area contributed by atoms with Gasteiger partial charge in [-0.2, -0.15) is 19.9 Å². The van der Waals surface area contributed by atoms with Gasteiger partial charge >= 0.3 is 0 Å². The summed E-state index contributed by atoms with van der Waals surface area (Å²) < 4.78 is 91.1. The van der Waals surface area contributed by atoms with E-state index < -0.39 is 53.9 Å². The fraction of sp³-hybridized carbons (Fsp3) is 0.565. The van der Waals surface area contributed by atoms with Crippen LogP contribution in [0.2, 0.25) is 10.0 Å². The molecule has 6 heterocycles. The van der Waals surface area contributed by atoms with Crippen LogP contribution in [-0.4, -0.2) is 139 Å². The van der Waals surface area contributed by atoms with E-state index in [1.807, 2.05) is 0 Å². The molecule has 6 atom stereocenters. The topological polar surface area (TPSA) is 288 Å². The van der Waals surface area contributed by atoms with Crippen molar-refractivity contribution in [2.24, 2.45) is 10.8 Å². The van der Waals surface area contributed by atoms with Gasteiger partial charge in [0.25, 0.3) is 0 Å². The van der Waals surface area contributed by atoms with Gasteiger partial charge in [-0.25, -0.2) is 36.8 Å². The molecule has 400 valence electrons. The molecule has 24 nitrogen and oxygen atoms in total. The van der Waals surface area contributed by atoms with Gasteiger partial charge in [-0.15, -0.1) is 20.4 Å². The van der Waals surface area contributed by atoms with E-state index in [4.69, 9.17) is 51.6 Å². The van der Waals surface area contributed by atoms with Crippen LogP contribution in [0, 0.1) is 10.8 Å². The minimum atomic E-state index is -3.87. The van der Waals surface area contributed by atoms with Gasteiger partial charge in [0.05, 0.1) is 49.0 Å². The highest BCUT2D eigenvalue weighted by Crippen LogP contribution is 2.54. The standard InChI is InChI=1S/2C23H30ClN7O5S/c2*1-13(18(34-4)19-25-9-14(24)10-26-19)37(32,33)11-16-29-30-20(15-7-8-23(15,2)3)31(16)17-21(35-5)27-12-28-22(17)36-6/h2*9-10,12-13,15,18H,7-8,11H2,1-6H3/t13-,15+,18-;13-,15-,18-/m00/s1. The number of halogens is 2. The summed E-state index contributed by atoms with van der Waals surface area (Å²) in [4.78, 5) is 33.5. The predicted octanol–water partition coefficient (Wildman–Crippen LogP) is 6.23. The summed E-state index contributed by atoms with van der Waals surface area (Å²) in [6, 6.07) is 0. The smallest absolute Gasteiger partial charge is 0.245 e. The maximum Gasteiger partial charge on any atom is 0.245 e. The largest absolute Gasteiger partial charge is 0.479 e. The quantitative estimate of drug-likeness (QED) is 0.0819. The first-order valence-electron chi connectivity index (χ1n) is 23.3. The molecule has 6 aromatic rings. The third-order valence-corrected chi connectivity index (χ3v) is 18.3. The first-order chi connectivity index (χ1) is 35.1. The number of methoxy groups -OCH3 is 6. The molecule has 0 aliphatic heterocycles. The summed E-state index contributed by atoms with van der Waals surface area (Å²) >= 11 is 11.8. The Morgan fingerprint density at radius 2 is 0.851 bits per heavy atom. The van der Waals surface area contributed by atoms with E-state index in [0.29, 0.717) is 33.1 Å². The van der Waals surface area contributed by atoms with Crippen LogP contribution in [0.15, 0.2) is 37.4 Å². The lowest BCUT2D eigenvalue weighted by Crippen LogP contribution is -2.35. The number of sulfone groups is 2. The average Bonchev–Trinajstić information content (AvgIpc) is 3.95. The summed E-state index contributed by atoms with van der Waals surface area (Å²) in [6.07, 6.45) is 10.1. The zero-order chi connectivity index (χ0) is 53.9. The highest BCUT2D eigenvalue weighted by Gasteiger charge is 2.46. The van der Waals surface area contributed by atoms with Crippen molar-refractivity contribution in [3.8, 4) is 34.9 Å². The lowest BCUT2D eigenvalue weighted by Gasteiger charge is -2.43. The van der Waals surface area contributed by atoms with E-state index >= 15 is 0 Å². The zero-order valence-corrected chi connectivity index (χ0v) is 46.2. The summed E-state index contributed by atoms with van der Waals surface area (Å²) in [7, 11) is 0.958. The first-order valence-corrected chi connectivity index (χ1v) is 27.4. The maximum absolute atomic E-state index is 13.7. The Kier molecular flexibility index (Phi) is 17.1. The molecular formula is C46H60Cl2N14O10S2. The Balaban J connectivity index is 0.000000216. The zero-order valence-electron chi connectivity index (χ0n) is 43.1. The van der Waals surface area contributed by atoms with E-state index in [1.54, 1.807) is 23.0 Å². The van der Waals surface area contributed by atoms with Crippen molar-refractivity contribution in [1.82, 2.24) is 69.4 Å². The summed E-state index contributed by atoms with van der Waals surface area (Å²) in [5.41, 5.74) is 0.601. The van der Waals surface area contributed by atoms with Gasteiger partial charge < -0.3 is 28.4 Å². The summed E-state index contributed by atoms with van der Waals surface area (Å²) in [5, 5.41) is 16.2. The van der Waals surface area contributed by atoms with Crippen molar-refractivity contribution in [3.63, 3.8) is 0 Å². The van der Waals surface area contributed by atoms with Crippen molar-refractivity contribution >= 4 is 42.9 Å². The highest BCUT2D eigenvalue weighted by molar-refractivity contribution is 7.91. The van der Waals surface area contributed by atoms with Crippen LogP contribution >= 0.6 is 23.2 Å². The van der Waals surface area contributed by atoms with E-state index in [0.717, 1.165) is 25.7 Å². The van der Waals surface area contributed by atoms with Gasteiger partial charge in [-0.05, 0) is 50.4 Å². The van der Waals surface area contributed by atoms with Crippen molar-refractivity contribution in [2.45, 2.75) is 113 Å². The Hall–Kier alpha value is -5.80. The first kappa shape index (κ1) is 55.9. The molecule has 28 heteroatoms. The van der Waals surface area contributed by atoms with Gasteiger partial charge in [0, 0.05) is 50.8 Å². The highest BCUT2D eigenvalue weighted by atomic mass is 35.5. The number of nitrogens with zero attached hydrogens (tertiary/aromatic N) is 14. The molecule has 0 N–H and O–H groups in total. The molecule has 2 fully saturated rings. The number of hydrogen-bond acceptors (Lipinski definition) is 22. The van der Waals surface area contributed by atoms with Crippen LogP contribution < -0.4 is 18.9 Å². The Morgan fingerprint density at radius 3 is 1.09 bits per heavy atom. The molecule has 2 saturated carbocycles. The van der Waals surface area contributed by atoms with Crippen molar-refractivity contribution in [3.05, 3.63) is 82.4 Å². The SMILES string of the molecule is COc1ncnc(OC)c1-n1c(CS(=O)(=O)[C@@H](C)[C@H](OC)c2ncc(Cl)cn2)nnc1[C@@H]1CCC1(C)C.COc1ncnc(OC)c1-n1c(CS(=O)(=O)[C@@H](C)[C@H](OC)c2ncc(Cl)cn2)nnc1[C@H]1CCC1(C)C. The summed E-state index contributed by atoms with van der Waals surface area (Å²) in [6.45, 7) is 11.7. The van der Waals surface area contributed by atoms with Crippen LogP contribution in [0.1, 0.15) is 126 Å². The molecule has 0 spiro atoms. The van der Waals surface area contributed by atoms with Crippen LogP contribution in [-0.2, 0) is 40.7 Å². The second kappa shape index (κ2) is 22.6. The molecule has 0 radical (unpaired) electrons. The van der Waals surface area contributed by atoms with Crippen molar-refractivity contribution in [2.75, 3.05) is 42.7 Å². The lowest BCUT2D eigenvalue weighted by atomic mass is 9.62. The van der Waals surface area contributed by atoms with E-state index in [2.05, 4.69) is 88.0 Å². The Labute approximate surface area is 439 Å². The van der Waals surface area contributed by atoms with Crippen LogP contribution in [0.3, 0.4) is 0 Å². The molecule has 74 heavy (non-hydrogen) atoms. The van der Waals surface area contributed by atoms with E-state index in [-0.39, 0.29) is 69.5 Å². The van der Waals surface area contributed by atoms with Crippen LogP contribution in [0.4, 0.5) is 0 Å². The van der Waals surface area contributed by atoms with Gasteiger partial charge in [-0.1, -0.05) is 50.9 Å². The molecule has 0 aromatic carbocycles. The fourth-order valence-electron chi connectivity index (χ4n) is 9.10. The number of rotatable bonds is 20. The van der Waals surface area contributed by atoms with E-state index in [1.165, 1.54) is 80.1 Å². The van der Waals surface area contributed by atoms with E-state index in [9.17, 15) is 16.8 Å². The number of hydrogen-bond donors (Lipinski definition) is 0. The minimum absolute atomic E-state index is 0.0395. The third kappa shape index (κ3) is 11.2. The van der Waals surface area contributed by atoms with Gasteiger partial charge in [0.15, 0.2) is 54.3 Å². The number of ether oxygens (including phenoxy) is 6. The monoisotopic (exact) mass is 1100 g/mol. The number of aromatic nitrogens is 14. The predicted molar refractivity (Wildman–Crippen MR) is 269 cm³/mol. The Morgan fingerprint density at radius 1 is 0.541 bits per heavy atom. The molecule has 6 aromatic heterocycles. The normalized spacial score (nSPS) is 18.6. The fourth-order valence-corrected chi connectivity index (χ4v) is 12.1. The van der Waals surface area contributed by atoms with Crippen molar-refractivity contribution < 1.29 is 45.3 Å². The van der Waals surface area contributed by atoms with Gasteiger partial charge in [0.1, 0.15) is 48.0 Å². The summed E-state index contributed by atoms with van der Waals surface area (Å²) in [5.74, 6) is 2.02. The second-order valence-electron chi connectivity index (χ2n) is 19.1. The van der Waals surface area contributed by atoms with Crippen LogP contribution in [0.25, 0.3) is 11.4 Å². The average molecular weight is 1100 g/mol. The molecule has 0 saturated heterocycles. The molecule has 8 rings (SSSR count). The third-order valence-electron chi connectivity index (χ3n) is 13.8. The second-order valence-corrected chi connectivity index (χ2v) is 24.7. The molecule has 0 amide bonds.